The first kappa shape index (κ1) is 18.4. The molecule has 3 rings (SSSR count). The Labute approximate surface area is 152 Å². The normalized spacial score (nSPS) is 16.1. The highest BCUT2D eigenvalue weighted by molar-refractivity contribution is 5.97. The number of carbonyl (C=O) groups excluding carboxylic acids is 1. The Kier molecular flexibility index (Phi) is 5.56. The fraction of sp³-hybridized carbons (Fsp3) is 0.526. The van der Waals surface area contributed by atoms with Gasteiger partial charge in [-0.05, 0) is 50.9 Å². The molecule has 26 heavy (non-hydrogen) atoms. The van der Waals surface area contributed by atoms with E-state index in [0.717, 1.165) is 38.9 Å². The van der Waals surface area contributed by atoms with E-state index < -0.39 is 11.1 Å². The molecule has 1 fully saturated rings. The molecule has 7 nitrogen and oxygen atoms in total. The van der Waals surface area contributed by atoms with Gasteiger partial charge in [-0.3, -0.25) is 14.4 Å². The quantitative estimate of drug-likeness (QED) is 0.789. The molecule has 7 heteroatoms. The number of piperidine rings is 1. The number of H-pyrrole nitrogens is 1. The number of aromatic nitrogens is 2. The number of nitrogens with zero attached hydrogens (tertiary/aromatic N) is 2. The Hall–Kier alpha value is -2.41. The van der Waals surface area contributed by atoms with Crippen molar-refractivity contribution >= 4 is 16.9 Å². The minimum atomic E-state index is -0.666. The predicted molar refractivity (Wildman–Crippen MR) is 102 cm³/mol. The highest BCUT2D eigenvalue weighted by Crippen LogP contribution is 2.14. The van der Waals surface area contributed by atoms with Gasteiger partial charge in [0.25, 0.3) is 5.91 Å². The second-order valence-corrected chi connectivity index (χ2v) is 6.82. The highest BCUT2D eigenvalue weighted by Gasteiger charge is 2.21. The average molecular weight is 358 g/mol. The van der Waals surface area contributed by atoms with Gasteiger partial charge in [0.1, 0.15) is 0 Å². The molecule has 2 aromatic rings. The molecule has 0 atom stereocenters. The Morgan fingerprint density at radius 3 is 2.62 bits per heavy atom. The van der Waals surface area contributed by atoms with Crippen LogP contribution in [0.15, 0.2) is 27.8 Å². The lowest BCUT2D eigenvalue weighted by molar-refractivity contribution is 0.0911. The predicted octanol–water partition coefficient (Wildman–Crippen LogP) is 1.31. The first-order valence-corrected chi connectivity index (χ1v) is 9.33. The van der Waals surface area contributed by atoms with Gasteiger partial charge in [0.15, 0.2) is 0 Å². The molecule has 0 bridgehead atoms. The Morgan fingerprint density at radius 1 is 1.23 bits per heavy atom. The monoisotopic (exact) mass is 358 g/mol. The van der Waals surface area contributed by atoms with Crippen LogP contribution in [0.4, 0.5) is 0 Å². The fourth-order valence-electron chi connectivity index (χ4n) is 3.62. The molecule has 1 saturated heterocycles. The van der Waals surface area contributed by atoms with Gasteiger partial charge in [0, 0.05) is 31.2 Å². The van der Waals surface area contributed by atoms with Gasteiger partial charge in [0.05, 0.1) is 11.0 Å². The minimum absolute atomic E-state index is 0.143. The molecule has 0 aliphatic carbocycles. The summed E-state index contributed by atoms with van der Waals surface area (Å²) in [5.74, 6) is -0.143. The molecule has 0 spiro atoms. The Bertz CT molecular complexity index is 907. The zero-order chi connectivity index (χ0) is 18.7. The lowest BCUT2D eigenvalue weighted by Gasteiger charge is -2.32. The summed E-state index contributed by atoms with van der Waals surface area (Å²) in [5.41, 5.74) is 0.380. The fourth-order valence-corrected chi connectivity index (χ4v) is 3.62. The van der Waals surface area contributed by atoms with Crippen LogP contribution in [0.5, 0.6) is 0 Å². The molecule has 1 aliphatic heterocycles. The van der Waals surface area contributed by atoms with E-state index in [-0.39, 0.29) is 11.9 Å². The summed E-state index contributed by atoms with van der Waals surface area (Å²) in [6, 6.07) is 5.24. The van der Waals surface area contributed by atoms with E-state index in [1.807, 2.05) is 6.92 Å². The van der Waals surface area contributed by atoms with Crippen molar-refractivity contribution in [2.75, 3.05) is 19.6 Å². The summed E-state index contributed by atoms with van der Waals surface area (Å²) in [6.07, 6.45) is 3.05. The second-order valence-electron chi connectivity index (χ2n) is 6.82. The minimum Gasteiger partial charge on any atom is -0.349 e. The van der Waals surface area contributed by atoms with Crippen molar-refractivity contribution in [1.82, 2.24) is 19.8 Å². The molecule has 140 valence electrons. The maximum Gasteiger partial charge on any atom is 0.316 e. The summed E-state index contributed by atoms with van der Waals surface area (Å²) in [6.45, 7) is 7.51. The Balaban J connectivity index is 1.76. The van der Waals surface area contributed by atoms with E-state index >= 15 is 0 Å². The van der Waals surface area contributed by atoms with Gasteiger partial charge in [-0.2, -0.15) is 0 Å². The van der Waals surface area contributed by atoms with E-state index in [2.05, 4.69) is 22.1 Å². The van der Waals surface area contributed by atoms with Crippen LogP contribution in [0.3, 0.4) is 0 Å². The number of likely N-dealkylation sites (tertiary alicyclic amines) is 1. The number of rotatable bonds is 5. The molecule has 1 aromatic carbocycles. The highest BCUT2D eigenvalue weighted by atomic mass is 16.2. The van der Waals surface area contributed by atoms with E-state index in [0.29, 0.717) is 23.1 Å². The molecule has 1 aliphatic rings. The van der Waals surface area contributed by atoms with Crippen molar-refractivity contribution in [1.29, 1.82) is 0 Å². The molecule has 0 radical (unpaired) electrons. The third-order valence-corrected chi connectivity index (χ3v) is 5.02. The van der Waals surface area contributed by atoms with Crippen molar-refractivity contribution in [2.45, 2.75) is 45.7 Å². The molecule has 1 aromatic heterocycles. The van der Waals surface area contributed by atoms with Crippen LogP contribution >= 0.6 is 0 Å². The number of hydrogen-bond donors (Lipinski definition) is 2. The molecule has 0 unspecified atom stereocenters. The summed E-state index contributed by atoms with van der Waals surface area (Å²) >= 11 is 0. The van der Waals surface area contributed by atoms with E-state index in [4.69, 9.17) is 0 Å². The molecular weight excluding hydrogens is 332 g/mol. The van der Waals surface area contributed by atoms with Gasteiger partial charge in [0.2, 0.25) is 0 Å². The van der Waals surface area contributed by atoms with E-state index in [1.165, 1.54) is 4.57 Å². The van der Waals surface area contributed by atoms with Gasteiger partial charge < -0.3 is 19.8 Å². The largest absolute Gasteiger partial charge is 0.349 e. The first-order chi connectivity index (χ1) is 12.5. The number of fused-ring (bicyclic) bond motifs is 1. The maximum absolute atomic E-state index is 12.6. The first-order valence-electron chi connectivity index (χ1n) is 9.33. The lowest BCUT2D eigenvalue weighted by Crippen LogP contribution is -2.44. The smallest absolute Gasteiger partial charge is 0.316 e. The third-order valence-electron chi connectivity index (χ3n) is 5.02. The topological polar surface area (TPSA) is 87.2 Å². The van der Waals surface area contributed by atoms with Gasteiger partial charge >= 0.3 is 11.1 Å². The SMILES string of the molecule is CCCN1CCC(NC(=O)c2ccc3c(c2)[nH]c(=O)c(=O)n3CC)CC1. The van der Waals surface area contributed by atoms with Crippen molar-refractivity contribution in [3.8, 4) is 0 Å². The van der Waals surface area contributed by atoms with Crippen molar-refractivity contribution in [3.05, 3.63) is 44.5 Å². The number of benzene rings is 1. The van der Waals surface area contributed by atoms with Crippen molar-refractivity contribution < 1.29 is 4.79 Å². The van der Waals surface area contributed by atoms with Crippen molar-refractivity contribution in [2.24, 2.45) is 0 Å². The van der Waals surface area contributed by atoms with Crippen LogP contribution < -0.4 is 16.4 Å². The molecule has 0 saturated carbocycles. The van der Waals surface area contributed by atoms with Crippen LogP contribution in [0, 0.1) is 0 Å². The van der Waals surface area contributed by atoms with E-state index in [9.17, 15) is 14.4 Å². The van der Waals surface area contributed by atoms with Gasteiger partial charge in [-0.15, -0.1) is 0 Å². The summed E-state index contributed by atoms with van der Waals surface area (Å²) in [4.78, 5) is 41.3. The molecule has 1 amide bonds. The van der Waals surface area contributed by atoms with Crippen LogP contribution in [-0.4, -0.2) is 46.0 Å². The maximum atomic E-state index is 12.6. The number of nitrogens with one attached hydrogen (secondary N) is 2. The summed E-state index contributed by atoms with van der Waals surface area (Å²) < 4.78 is 1.42. The standard InChI is InChI=1S/C19H26N4O3/c1-3-9-22-10-7-14(8-11-22)20-17(24)13-5-6-16-15(12-13)21-18(25)19(26)23(16)4-2/h5-6,12,14H,3-4,7-11H2,1-2H3,(H,20,24)(H,21,25). The number of hydrogen-bond acceptors (Lipinski definition) is 4. The lowest BCUT2D eigenvalue weighted by atomic mass is 10.0. The van der Waals surface area contributed by atoms with E-state index in [1.54, 1.807) is 18.2 Å². The third kappa shape index (κ3) is 3.72. The number of carbonyl (C=O) groups is 1. The molecule has 2 heterocycles. The zero-order valence-electron chi connectivity index (χ0n) is 15.4. The van der Waals surface area contributed by atoms with Crippen LogP contribution in [0.25, 0.3) is 11.0 Å². The van der Waals surface area contributed by atoms with Crippen LogP contribution in [0.2, 0.25) is 0 Å². The Morgan fingerprint density at radius 2 is 1.96 bits per heavy atom. The van der Waals surface area contributed by atoms with Crippen molar-refractivity contribution in [3.63, 3.8) is 0 Å². The second kappa shape index (κ2) is 7.86. The number of amides is 1. The van der Waals surface area contributed by atoms with Gasteiger partial charge in [-0.25, -0.2) is 0 Å². The summed E-state index contributed by atoms with van der Waals surface area (Å²) in [5, 5.41) is 3.09. The van der Waals surface area contributed by atoms with Crippen LogP contribution in [0.1, 0.15) is 43.5 Å². The summed E-state index contributed by atoms with van der Waals surface area (Å²) in [7, 11) is 0. The molecule has 2 N–H and O–H groups in total. The number of aromatic amines is 1. The zero-order valence-corrected chi connectivity index (χ0v) is 15.4. The molecular formula is C19H26N4O3. The number of aryl methyl sites for hydroxylation is 1. The average Bonchev–Trinajstić information content (AvgIpc) is 2.64. The van der Waals surface area contributed by atoms with Crippen LogP contribution in [-0.2, 0) is 6.54 Å². The van der Waals surface area contributed by atoms with Gasteiger partial charge in [-0.1, -0.05) is 6.92 Å².